The Kier molecular flexibility index (Phi) is 9.31. The van der Waals surface area contributed by atoms with E-state index in [1.165, 1.54) is 0 Å². The van der Waals surface area contributed by atoms with Gasteiger partial charge in [0.15, 0.2) is 11.5 Å². The number of nitrogens with one attached hydrogen (secondary N) is 3. The average molecular weight is 563 g/mol. The molecule has 0 bridgehead atoms. The number of hydrogen-bond donors (Lipinski definition) is 4. The zero-order chi connectivity index (χ0) is 27.8. The molecule has 0 aliphatic carbocycles. The molecule has 1 amide bonds. The summed E-state index contributed by atoms with van der Waals surface area (Å²) < 4.78 is 11.6. The van der Waals surface area contributed by atoms with Gasteiger partial charge in [-0.15, -0.1) is 0 Å². The van der Waals surface area contributed by atoms with Gasteiger partial charge in [0.25, 0.3) is 0 Å². The van der Waals surface area contributed by atoms with Crippen LogP contribution in [-0.2, 0) is 17.9 Å². The summed E-state index contributed by atoms with van der Waals surface area (Å²) in [6, 6.07) is 26.5. The topological polar surface area (TPSA) is 109 Å². The summed E-state index contributed by atoms with van der Waals surface area (Å²) in [6.45, 7) is 0.610. The van der Waals surface area contributed by atoms with Crippen molar-refractivity contribution in [3.05, 3.63) is 123 Å². The maximum atomic E-state index is 13.4. The molecule has 0 spiro atoms. The van der Waals surface area contributed by atoms with E-state index in [0.717, 1.165) is 11.1 Å². The first kappa shape index (κ1) is 27.8. The molecule has 5 N–H and O–H groups in total. The van der Waals surface area contributed by atoms with E-state index in [2.05, 4.69) is 10.6 Å². The molecule has 0 saturated heterocycles. The van der Waals surface area contributed by atoms with Crippen molar-refractivity contribution in [2.24, 2.45) is 5.73 Å². The van der Waals surface area contributed by atoms with Crippen LogP contribution in [0.15, 0.2) is 91.0 Å². The number of anilines is 1. The number of hydrogen-bond acceptors (Lipinski definition) is 5. The fraction of sp³-hybridized carbons (Fsp3) is 0.133. The van der Waals surface area contributed by atoms with Crippen LogP contribution in [0.25, 0.3) is 0 Å². The Morgan fingerprint density at radius 2 is 1.59 bits per heavy atom. The monoisotopic (exact) mass is 562 g/mol. The van der Waals surface area contributed by atoms with Gasteiger partial charge in [-0.1, -0.05) is 59.6 Å². The van der Waals surface area contributed by atoms with Gasteiger partial charge < -0.3 is 25.8 Å². The smallest absolute Gasteiger partial charge is 0.247 e. The second-order valence-electron chi connectivity index (χ2n) is 8.75. The lowest BCUT2D eigenvalue weighted by Crippen LogP contribution is -2.33. The van der Waals surface area contributed by atoms with Crippen LogP contribution in [0.2, 0.25) is 10.0 Å². The highest BCUT2D eigenvalue weighted by atomic mass is 35.5. The molecule has 0 fully saturated rings. The highest BCUT2D eigenvalue weighted by Gasteiger charge is 2.22. The van der Waals surface area contributed by atoms with E-state index < -0.39 is 6.04 Å². The van der Waals surface area contributed by atoms with Crippen LogP contribution in [0.1, 0.15) is 28.3 Å². The van der Waals surface area contributed by atoms with Crippen molar-refractivity contribution in [2.45, 2.75) is 19.2 Å². The summed E-state index contributed by atoms with van der Waals surface area (Å²) in [5, 5.41) is 15.0. The molecule has 4 rings (SSSR count). The van der Waals surface area contributed by atoms with E-state index >= 15 is 0 Å². The van der Waals surface area contributed by atoms with Crippen LogP contribution in [0.4, 0.5) is 5.69 Å². The maximum absolute atomic E-state index is 13.4. The van der Waals surface area contributed by atoms with Crippen molar-refractivity contribution in [3.8, 4) is 11.5 Å². The predicted molar refractivity (Wildman–Crippen MR) is 156 cm³/mol. The number of ether oxygens (including phenoxy) is 2. The molecule has 1 atom stereocenters. The van der Waals surface area contributed by atoms with Gasteiger partial charge in [0.1, 0.15) is 18.5 Å². The molecular weight excluding hydrogens is 535 g/mol. The number of carbonyl (C=O) groups is 1. The summed E-state index contributed by atoms with van der Waals surface area (Å²) >= 11 is 12.2. The van der Waals surface area contributed by atoms with Crippen molar-refractivity contribution >= 4 is 40.6 Å². The molecule has 0 radical (unpaired) electrons. The van der Waals surface area contributed by atoms with Crippen molar-refractivity contribution in [1.29, 1.82) is 5.41 Å². The molecule has 39 heavy (non-hydrogen) atoms. The number of nitrogens with two attached hydrogens (primary N) is 1. The van der Waals surface area contributed by atoms with Gasteiger partial charge in [-0.05, 0) is 71.3 Å². The third-order valence-electron chi connectivity index (χ3n) is 5.92. The Hall–Kier alpha value is -4.20. The summed E-state index contributed by atoms with van der Waals surface area (Å²) in [4.78, 5) is 13.4. The lowest BCUT2D eigenvalue weighted by atomic mass is 10.0. The SMILES string of the molecule is COc1cc(C(Nc2ccc(C(=N)N)cc2)C(=O)NCc2ccccc2)ccc1OCc1cc(Cl)cc(Cl)c1. The summed E-state index contributed by atoms with van der Waals surface area (Å²) in [7, 11) is 1.54. The van der Waals surface area contributed by atoms with Crippen molar-refractivity contribution in [3.63, 3.8) is 0 Å². The Labute approximate surface area is 237 Å². The number of amides is 1. The van der Waals surface area contributed by atoms with Crippen LogP contribution >= 0.6 is 23.2 Å². The average Bonchev–Trinajstić information content (AvgIpc) is 2.93. The molecule has 0 saturated carbocycles. The number of benzene rings is 4. The molecule has 7 nitrogen and oxygen atoms in total. The number of carbonyl (C=O) groups excluding carboxylic acids is 1. The Morgan fingerprint density at radius 3 is 2.23 bits per heavy atom. The second kappa shape index (κ2) is 13.0. The number of methoxy groups -OCH3 is 1. The first-order valence-corrected chi connectivity index (χ1v) is 12.9. The molecule has 0 aliphatic rings. The quantitative estimate of drug-likeness (QED) is 0.126. The van der Waals surface area contributed by atoms with Crippen molar-refractivity contribution in [1.82, 2.24) is 5.32 Å². The second-order valence-corrected chi connectivity index (χ2v) is 9.62. The summed E-state index contributed by atoms with van der Waals surface area (Å²) in [6.07, 6.45) is 0. The number of amidine groups is 1. The van der Waals surface area contributed by atoms with Gasteiger partial charge in [0.2, 0.25) is 5.91 Å². The van der Waals surface area contributed by atoms with Gasteiger partial charge in [-0.2, -0.15) is 0 Å². The zero-order valence-corrected chi connectivity index (χ0v) is 22.7. The minimum atomic E-state index is -0.744. The molecule has 9 heteroatoms. The van der Waals surface area contributed by atoms with Gasteiger partial charge in [0, 0.05) is 27.8 Å². The van der Waals surface area contributed by atoms with Crippen molar-refractivity contribution in [2.75, 3.05) is 12.4 Å². The van der Waals surface area contributed by atoms with E-state index in [9.17, 15) is 4.79 Å². The first-order valence-electron chi connectivity index (χ1n) is 12.1. The molecule has 4 aromatic carbocycles. The number of rotatable bonds is 11. The van der Waals surface area contributed by atoms with E-state index in [-0.39, 0.29) is 18.3 Å². The van der Waals surface area contributed by atoms with Gasteiger partial charge in [-0.25, -0.2) is 0 Å². The summed E-state index contributed by atoms with van der Waals surface area (Å²) in [5.41, 5.74) is 9.33. The first-order chi connectivity index (χ1) is 18.8. The molecule has 0 aliphatic heterocycles. The number of nitrogen functional groups attached to an aromatic ring is 1. The molecule has 0 aromatic heterocycles. The predicted octanol–water partition coefficient (Wildman–Crippen LogP) is 6.33. The fourth-order valence-corrected chi connectivity index (χ4v) is 4.51. The minimum Gasteiger partial charge on any atom is -0.493 e. The van der Waals surface area contributed by atoms with Crippen LogP contribution in [0.5, 0.6) is 11.5 Å². The van der Waals surface area contributed by atoms with E-state index in [0.29, 0.717) is 44.9 Å². The molecular formula is C30H28Cl2N4O3. The molecule has 0 heterocycles. The molecule has 4 aromatic rings. The highest BCUT2D eigenvalue weighted by molar-refractivity contribution is 6.34. The fourth-order valence-electron chi connectivity index (χ4n) is 3.94. The normalized spacial score (nSPS) is 11.4. The Bertz CT molecular complexity index is 1430. The van der Waals surface area contributed by atoms with E-state index in [1.807, 2.05) is 36.4 Å². The van der Waals surface area contributed by atoms with E-state index in [4.69, 9.17) is 43.8 Å². The van der Waals surface area contributed by atoms with Gasteiger partial charge in [0.05, 0.1) is 7.11 Å². The van der Waals surface area contributed by atoms with Crippen molar-refractivity contribution < 1.29 is 14.3 Å². The highest BCUT2D eigenvalue weighted by Crippen LogP contribution is 2.33. The maximum Gasteiger partial charge on any atom is 0.247 e. The standard InChI is InChI=1S/C30H28Cl2N4O3/c1-38-27-15-22(9-12-26(27)39-18-20-13-23(31)16-24(32)14-20)28(30(37)35-17-19-5-3-2-4-6-19)36-25-10-7-21(8-11-25)29(33)34/h2-16,28,36H,17-18H2,1H3,(H3,33,34)(H,35,37). The minimum absolute atomic E-state index is 0.0286. The van der Waals surface area contributed by atoms with Gasteiger partial charge >= 0.3 is 0 Å². The molecule has 1 unspecified atom stereocenters. The van der Waals surface area contributed by atoms with Crippen LogP contribution in [-0.4, -0.2) is 18.9 Å². The Morgan fingerprint density at radius 1 is 0.897 bits per heavy atom. The van der Waals surface area contributed by atoms with Crippen LogP contribution in [0.3, 0.4) is 0 Å². The van der Waals surface area contributed by atoms with Gasteiger partial charge in [-0.3, -0.25) is 10.2 Å². The van der Waals surface area contributed by atoms with Crippen LogP contribution < -0.4 is 25.8 Å². The lowest BCUT2D eigenvalue weighted by Gasteiger charge is -2.22. The lowest BCUT2D eigenvalue weighted by molar-refractivity contribution is -0.122. The number of halogens is 2. The third kappa shape index (κ3) is 7.66. The Balaban J connectivity index is 1.57. The summed E-state index contributed by atoms with van der Waals surface area (Å²) in [5.74, 6) is 0.722. The largest absolute Gasteiger partial charge is 0.493 e. The van der Waals surface area contributed by atoms with Crippen LogP contribution in [0, 0.1) is 5.41 Å². The molecule has 200 valence electrons. The zero-order valence-electron chi connectivity index (χ0n) is 21.2. The third-order valence-corrected chi connectivity index (χ3v) is 6.35. The van der Waals surface area contributed by atoms with E-state index in [1.54, 1.807) is 61.7 Å².